The lowest BCUT2D eigenvalue weighted by Crippen LogP contribution is -2.76. The molecule has 0 amide bonds. The molecule has 0 saturated carbocycles. The summed E-state index contributed by atoms with van der Waals surface area (Å²) in [4.78, 5) is 0. The third kappa shape index (κ3) is 4.72. The van der Waals surface area contributed by atoms with Gasteiger partial charge in [0.05, 0.1) is 16.7 Å². The predicted molar refractivity (Wildman–Crippen MR) is 272 cm³/mol. The molecule has 0 spiro atoms. The molecule has 0 bridgehead atoms. The molecule has 15 rings (SSSR count). The lowest BCUT2D eigenvalue weighted by molar-refractivity contribution is 0.489. The summed E-state index contributed by atoms with van der Waals surface area (Å²) in [5, 5.41) is 13.6. The second kappa shape index (κ2) is 13.2. The summed E-state index contributed by atoms with van der Waals surface area (Å²) in [5.41, 5.74) is 10.5. The Bertz CT molecular complexity index is 4300. The highest BCUT2D eigenvalue weighted by molar-refractivity contribution is 7.21. The van der Waals surface area contributed by atoms with Crippen molar-refractivity contribution in [3.8, 4) is 28.3 Å². The van der Waals surface area contributed by atoms with Crippen LogP contribution in [0, 0.1) is 0 Å². The molecule has 10 aromatic carbocycles. The fourth-order valence-corrected chi connectivity index (χ4v) is 16.4. The van der Waals surface area contributed by atoms with Crippen molar-refractivity contribution in [2.75, 3.05) is 0 Å². The highest BCUT2D eigenvalue weighted by Gasteiger charge is 2.49. The number of hydrogen-bond donors (Lipinski definition) is 0. The molecule has 0 radical (unpaired) electrons. The molecule has 4 aromatic heterocycles. The molecule has 66 heavy (non-hydrogen) atoms. The molecule has 0 aliphatic carbocycles. The van der Waals surface area contributed by atoms with Gasteiger partial charge >= 0.3 is 0 Å². The second-order valence-electron chi connectivity index (χ2n) is 17.5. The van der Waals surface area contributed by atoms with Crippen molar-refractivity contribution in [1.82, 2.24) is 4.57 Å². The van der Waals surface area contributed by atoms with Crippen molar-refractivity contribution in [2.24, 2.45) is 0 Å². The molecule has 5 nitrogen and oxygen atoms in total. The van der Waals surface area contributed by atoms with Gasteiger partial charge in [-0.15, -0.1) is 0 Å². The van der Waals surface area contributed by atoms with E-state index in [1.165, 1.54) is 26.3 Å². The van der Waals surface area contributed by atoms with Gasteiger partial charge in [0.2, 0.25) is 0 Å². The smallest absolute Gasteiger partial charge is 0.188 e. The average Bonchev–Trinajstić information content (AvgIpc) is 4.14. The fourth-order valence-electron chi connectivity index (χ4n) is 11.4. The first-order chi connectivity index (χ1) is 32.7. The highest BCUT2D eigenvalue weighted by atomic mass is 28.3. The number of nitrogens with zero attached hydrogens (tertiary/aromatic N) is 1. The van der Waals surface area contributed by atoms with Gasteiger partial charge in [0.1, 0.15) is 39.4 Å². The molecule has 1 aliphatic heterocycles. The summed E-state index contributed by atoms with van der Waals surface area (Å²) in [6, 6.07) is 76.2. The lowest BCUT2D eigenvalue weighted by Gasteiger charge is -2.40. The molecule has 0 saturated heterocycles. The third-order valence-electron chi connectivity index (χ3n) is 14.1. The van der Waals surface area contributed by atoms with Crippen molar-refractivity contribution in [3.63, 3.8) is 0 Å². The molecule has 1 atom stereocenters. The van der Waals surface area contributed by atoms with Crippen LogP contribution in [0.1, 0.15) is 0 Å². The van der Waals surface area contributed by atoms with E-state index in [0.29, 0.717) is 0 Å². The van der Waals surface area contributed by atoms with E-state index >= 15 is 0 Å². The third-order valence-corrected chi connectivity index (χ3v) is 18.9. The Labute approximate surface area is 377 Å². The van der Waals surface area contributed by atoms with E-state index in [0.717, 1.165) is 110 Å². The highest BCUT2D eigenvalue weighted by Crippen LogP contribution is 2.44. The molecular weight excluding hydrogens is 827 g/mol. The first-order valence-corrected chi connectivity index (χ1v) is 24.4. The lowest BCUT2D eigenvalue weighted by atomic mass is 9.98. The van der Waals surface area contributed by atoms with Gasteiger partial charge in [-0.2, -0.15) is 0 Å². The van der Waals surface area contributed by atoms with Gasteiger partial charge in [0.25, 0.3) is 0 Å². The van der Waals surface area contributed by atoms with Gasteiger partial charge in [0.15, 0.2) is 13.7 Å². The van der Waals surface area contributed by atoms with E-state index < -0.39 is 8.07 Å². The summed E-state index contributed by atoms with van der Waals surface area (Å²) in [6.07, 6.45) is 0. The van der Waals surface area contributed by atoms with Crippen LogP contribution in [-0.2, 0) is 0 Å². The van der Waals surface area contributed by atoms with Crippen LogP contribution in [0.25, 0.3) is 104 Å². The zero-order valence-electron chi connectivity index (χ0n) is 35.3. The van der Waals surface area contributed by atoms with Crippen LogP contribution < -0.4 is 25.5 Å². The zero-order chi connectivity index (χ0) is 43.1. The van der Waals surface area contributed by atoms with E-state index in [9.17, 15) is 0 Å². The molecule has 0 fully saturated rings. The van der Waals surface area contributed by atoms with E-state index in [2.05, 4.69) is 199 Å². The maximum absolute atomic E-state index is 7.36. The molecule has 308 valence electrons. The first-order valence-electron chi connectivity index (χ1n) is 22.4. The Morgan fingerprint density at radius 3 is 1.68 bits per heavy atom. The molecule has 14 aromatic rings. The first kappa shape index (κ1) is 35.8. The van der Waals surface area contributed by atoms with Crippen molar-refractivity contribution in [2.45, 2.75) is 0 Å². The van der Waals surface area contributed by atoms with Gasteiger partial charge in [-0.3, -0.25) is 0 Å². The van der Waals surface area contributed by atoms with E-state index in [-0.39, 0.29) is 0 Å². The Balaban J connectivity index is 1.14. The Morgan fingerprint density at radius 2 is 0.894 bits per heavy atom. The largest absolute Gasteiger partial charge is 0.457 e. The number of para-hydroxylation sites is 7. The van der Waals surface area contributed by atoms with E-state index in [1.807, 2.05) is 18.2 Å². The number of ether oxygens (including phenoxy) is 1. The summed E-state index contributed by atoms with van der Waals surface area (Å²) >= 11 is 0. The number of benzene rings is 10. The van der Waals surface area contributed by atoms with E-state index in [1.54, 1.807) is 0 Å². The summed E-state index contributed by atoms with van der Waals surface area (Å²) in [5.74, 6) is 1.70. The second-order valence-corrected chi connectivity index (χ2v) is 21.2. The minimum Gasteiger partial charge on any atom is -0.457 e. The Hall–Kier alpha value is -8.58. The van der Waals surface area contributed by atoms with Gasteiger partial charge in [-0.1, -0.05) is 152 Å². The minimum absolute atomic E-state index is 0.844. The van der Waals surface area contributed by atoms with Gasteiger partial charge in [-0.25, -0.2) is 0 Å². The molecule has 6 heteroatoms. The van der Waals surface area contributed by atoms with Crippen LogP contribution in [0.15, 0.2) is 226 Å². The molecule has 5 heterocycles. The predicted octanol–water partition coefficient (Wildman–Crippen LogP) is 13.6. The number of fused-ring (bicyclic) bond motifs is 14. The van der Waals surface area contributed by atoms with Gasteiger partial charge in [0, 0.05) is 48.7 Å². The normalized spacial score (nSPS) is 14.8. The topological polar surface area (TPSA) is 53.6 Å². The van der Waals surface area contributed by atoms with Crippen molar-refractivity contribution in [3.05, 3.63) is 212 Å². The zero-order valence-corrected chi connectivity index (χ0v) is 36.3. The van der Waals surface area contributed by atoms with Gasteiger partial charge < -0.3 is 22.6 Å². The maximum atomic E-state index is 7.36. The van der Waals surface area contributed by atoms with Gasteiger partial charge in [-0.05, 0) is 87.0 Å². The molecule has 0 N–H and O–H groups in total. The molecule has 1 unspecified atom stereocenters. The van der Waals surface area contributed by atoms with Crippen molar-refractivity contribution >= 4 is 116 Å². The maximum Gasteiger partial charge on any atom is 0.188 e. The number of hydrogen-bond acceptors (Lipinski definition) is 4. The van der Waals surface area contributed by atoms with Crippen LogP contribution in [0.5, 0.6) is 11.5 Å². The van der Waals surface area contributed by atoms with Crippen LogP contribution >= 0.6 is 0 Å². The fraction of sp³-hybridized carbons (Fsp3) is 0. The van der Waals surface area contributed by atoms with E-state index in [4.69, 9.17) is 18.0 Å². The number of rotatable bonds is 4. The molecular formula is C60H35NO4Si. The quantitative estimate of drug-likeness (QED) is 0.165. The average molecular weight is 862 g/mol. The van der Waals surface area contributed by atoms with Crippen molar-refractivity contribution in [1.29, 1.82) is 0 Å². The Kier molecular flexibility index (Phi) is 7.18. The monoisotopic (exact) mass is 861 g/mol. The number of furan rings is 3. The van der Waals surface area contributed by atoms with Crippen molar-refractivity contribution < 1.29 is 18.0 Å². The SMILES string of the molecule is c1ccc2c(c1)Oc1c(-c3cccc4oc5ccccc5c34)cccc1[Si]2(c1ccc2oc3ccccc3c2c1)c1cc(-n2c3ccccc3c3ccccc32)c2oc3ccccc3c2c1. The number of aromatic nitrogens is 1. The minimum atomic E-state index is -3.43. The van der Waals surface area contributed by atoms with Crippen LogP contribution in [0.4, 0.5) is 0 Å². The summed E-state index contributed by atoms with van der Waals surface area (Å²) in [6.45, 7) is 0. The van der Waals surface area contributed by atoms with Crippen LogP contribution in [0.2, 0.25) is 0 Å². The summed E-state index contributed by atoms with van der Waals surface area (Å²) < 4.78 is 29.8. The molecule has 1 aliphatic rings. The summed E-state index contributed by atoms with van der Waals surface area (Å²) in [7, 11) is -3.43. The van der Waals surface area contributed by atoms with Crippen LogP contribution in [-0.4, -0.2) is 12.6 Å². The standard InChI is InChI=1S/C60H35NO4Si/c1-6-22-47-38(15-1)39-16-2-7-23-48(39)61(47)49-35-37(34-46-41-18-4-9-25-51(41)64-59(46)49)66(36-31-32-53-45(33-36)40-17-3-8-24-50(40)62-53)56-29-12-11-27-54(56)65-60-43(21-14-30-57(60)66)42-20-13-28-55-58(42)44-19-5-10-26-52(44)63-55/h1-35H. The Morgan fingerprint density at radius 1 is 0.348 bits per heavy atom. The van der Waals surface area contributed by atoms with Crippen LogP contribution in [0.3, 0.4) is 0 Å².